The van der Waals surface area contributed by atoms with E-state index in [0.717, 1.165) is 34.4 Å². The first-order valence-electron chi connectivity index (χ1n) is 10.1. The highest BCUT2D eigenvalue weighted by atomic mass is 16.5. The predicted molar refractivity (Wildman–Crippen MR) is 116 cm³/mol. The topological polar surface area (TPSA) is 110 Å². The first-order chi connectivity index (χ1) is 14.9. The predicted octanol–water partition coefficient (Wildman–Crippen LogP) is 3.93. The zero-order valence-electron chi connectivity index (χ0n) is 17.6. The number of carbonyl (C=O) groups is 1. The van der Waals surface area contributed by atoms with E-state index in [2.05, 4.69) is 51.6 Å². The first-order valence-corrected chi connectivity index (χ1v) is 10.1. The number of nitrogens with one attached hydrogen (secondary N) is 3. The van der Waals surface area contributed by atoms with Crippen molar-refractivity contribution in [3.63, 3.8) is 0 Å². The van der Waals surface area contributed by atoms with Gasteiger partial charge in [0.1, 0.15) is 12.1 Å². The molecular weight excluding hydrogens is 394 g/mol. The molecular formula is C22H23N7O2. The molecule has 1 aliphatic heterocycles. The molecule has 0 saturated carbocycles. The van der Waals surface area contributed by atoms with Crippen LogP contribution in [-0.4, -0.2) is 30.8 Å². The van der Waals surface area contributed by atoms with Crippen LogP contribution in [0.1, 0.15) is 37.7 Å². The number of carbonyl (C=O) groups excluding carboxylic acids is 1. The van der Waals surface area contributed by atoms with E-state index in [-0.39, 0.29) is 11.4 Å². The Kier molecular flexibility index (Phi) is 4.48. The summed E-state index contributed by atoms with van der Waals surface area (Å²) in [6.45, 7) is 7.65. The highest BCUT2D eigenvalue weighted by Gasteiger charge is 2.20. The Morgan fingerprint density at radius 1 is 1.16 bits per heavy atom. The molecule has 31 heavy (non-hydrogen) atoms. The van der Waals surface area contributed by atoms with E-state index in [0.29, 0.717) is 24.0 Å². The number of rotatable bonds is 3. The summed E-state index contributed by atoms with van der Waals surface area (Å²) in [6, 6.07) is 9.02. The minimum atomic E-state index is -0.282. The second-order valence-corrected chi connectivity index (χ2v) is 8.56. The highest BCUT2D eigenvalue weighted by molar-refractivity contribution is 5.98. The minimum absolute atomic E-state index is 0.0770. The molecule has 9 nitrogen and oxygen atoms in total. The van der Waals surface area contributed by atoms with E-state index in [4.69, 9.17) is 4.74 Å². The maximum Gasteiger partial charge on any atom is 0.331 e. The summed E-state index contributed by atoms with van der Waals surface area (Å²) in [5.74, 6) is 1.70. The molecule has 0 aliphatic carbocycles. The zero-order valence-corrected chi connectivity index (χ0v) is 17.6. The van der Waals surface area contributed by atoms with E-state index in [1.165, 1.54) is 6.33 Å². The molecule has 5 rings (SSSR count). The molecule has 0 radical (unpaired) electrons. The van der Waals surface area contributed by atoms with Crippen LogP contribution in [-0.2, 0) is 18.5 Å². The second-order valence-electron chi connectivity index (χ2n) is 8.56. The fourth-order valence-electron chi connectivity index (χ4n) is 3.57. The third-order valence-electron chi connectivity index (χ3n) is 5.31. The number of aromatic amines is 1. The fraction of sp³-hybridized carbons (Fsp3) is 0.273. The molecule has 3 N–H and O–H groups in total. The van der Waals surface area contributed by atoms with Crippen molar-refractivity contribution >= 4 is 22.8 Å². The van der Waals surface area contributed by atoms with Crippen LogP contribution in [0, 0.1) is 0 Å². The van der Waals surface area contributed by atoms with Gasteiger partial charge >= 0.3 is 6.03 Å². The number of aromatic nitrogens is 5. The molecule has 1 aliphatic rings. The molecule has 0 atom stereocenters. The summed E-state index contributed by atoms with van der Waals surface area (Å²) in [7, 11) is 0. The summed E-state index contributed by atoms with van der Waals surface area (Å²) < 4.78 is 7.57. The van der Waals surface area contributed by atoms with Crippen molar-refractivity contribution in [1.82, 2.24) is 30.0 Å². The monoisotopic (exact) mass is 417 g/mol. The first kappa shape index (κ1) is 19.3. The fourth-order valence-corrected chi connectivity index (χ4v) is 3.57. The minimum Gasteiger partial charge on any atom is -0.439 e. The maximum absolute atomic E-state index is 12.8. The van der Waals surface area contributed by atoms with Gasteiger partial charge in [0.15, 0.2) is 5.82 Å². The van der Waals surface area contributed by atoms with Gasteiger partial charge in [0, 0.05) is 41.8 Å². The standard InChI is InChI=1S/C22H23N7O2/c1-22(2,3)18-9-19(28-27-18)26-21(30)29-7-6-13-8-14(4-5-17(13)29)31-20-15-10-23-11-16(15)24-12-25-20/h4-9,12,23H,10-11H2,1-3H3,(H2,26,27,28,30). The molecule has 0 unspecified atom stereocenters. The van der Waals surface area contributed by atoms with Gasteiger partial charge in [-0.15, -0.1) is 0 Å². The van der Waals surface area contributed by atoms with Crippen LogP contribution in [0.25, 0.3) is 10.9 Å². The van der Waals surface area contributed by atoms with Gasteiger partial charge in [0.25, 0.3) is 0 Å². The van der Waals surface area contributed by atoms with Gasteiger partial charge in [-0.3, -0.25) is 15.0 Å². The van der Waals surface area contributed by atoms with Crippen molar-refractivity contribution in [2.24, 2.45) is 0 Å². The van der Waals surface area contributed by atoms with E-state index in [1.54, 1.807) is 10.8 Å². The van der Waals surface area contributed by atoms with E-state index >= 15 is 0 Å². The number of hydrogen-bond donors (Lipinski definition) is 3. The average Bonchev–Trinajstić information content (AvgIpc) is 3.46. The smallest absolute Gasteiger partial charge is 0.331 e. The summed E-state index contributed by atoms with van der Waals surface area (Å²) in [5.41, 5.74) is 3.58. The number of amides is 1. The largest absolute Gasteiger partial charge is 0.439 e. The molecule has 4 aromatic rings. The molecule has 0 bridgehead atoms. The van der Waals surface area contributed by atoms with E-state index in [1.807, 2.05) is 30.3 Å². The summed E-state index contributed by atoms with van der Waals surface area (Å²) >= 11 is 0. The summed E-state index contributed by atoms with van der Waals surface area (Å²) in [6.07, 6.45) is 3.24. The third kappa shape index (κ3) is 3.64. The van der Waals surface area contributed by atoms with Crippen LogP contribution in [0.2, 0.25) is 0 Å². The van der Waals surface area contributed by atoms with Gasteiger partial charge in [-0.25, -0.2) is 14.8 Å². The lowest BCUT2D eigenvalue weighted by Crippen LogP contribution is -2.18. The molecule has 1 aromatic carbocycles. The van der Waals surface area contributed by atoms with E-state index < -0.39 is 0 Å². The van der Waals surface area contributed by atoms with Crippen LogP contribution >= 0.6 is 0 Å². The highest BCUT2D eigenvalue weighted by Crippen LogP contribution is 2.29. The summed E-state index contributed by atoms with van der Waals surface area (Å²) in [4.78, 5) is 21.3. The van der Waals surface area contributed by atoms with Gasteiger partial charge in [-0.05, 0) is 24.3 Å². The molecule has 9 heteroatoms. The molecule has 0 saturated heterocycles. The lowest BCUT2D eigenvalue weighted by Gasteiger charge is -2.14. The Labute approximate surface area is 178 Å². The molecule has 1 amide bonds. The van der Waals surface area contributed by atoms with Crippen molar-refractivity contribution in [3.8, 4) is 11.6 Å². The van der Waals surface area contributed by atoms with Gasteiger partial charge in [0.05, 0.1) is 16.8 Å². The summed E-state index contributed by atoms with van der Waals surface area (Å²) in [5, 5.41) is 14.1. The Balaban J connectivity index is 1.36. The number of fused-ring (bicyclic) bond motifs is 2. The maximum atomic E-state index is 12.8. The van der Waals surface area contributed by atoms with Gasteiger partial charge in [0.2, 0.25) is 5.88 Å². The third-order valence-corrected chi connectivity index (χ3v) is 5.31. The number of nitrogens with zero attached hydrogens (tertiary/aromatic N) is 4. The number of H-pyrrole nitrogens is 1. The Morgan fingerprint density at radius 2 is 2.03 bits per heavy atom. The van der Waals surface area contributed by atoms with Crippen molar-refractivity contribution in [2.45, 2.75) is 39.3 Å². The lowest BCUT2D eigenvalue weighted by atomic mass is 9.92. The van der Waals surface area contributed by atoms with Crippen molar-refractivity contribution < 1.29 is 9.53 Å². The van der Waals surface area contributed by atoms with Crippen LogP contribution in [0.3, 0.4) is 0 Å². The number of hydrogen-bond acceptors (Lipinski definition) is 6. The average molecular weight is 417 g/mol. The van der Waals surface area contributed by atoms with Gasteiger partial charge in [-0.2, -0.15) is 5.10 Å². The van der Waals surface area contributed by atoms with Crippen molar-refractivity contribution in [1.29, 1.82) is 0 Å². The Bertz CT molecular complexity index is 1280. The molecule has 4 heterocycles. The van der Waals surface area contributed by atoms with Gasteiger partial charge < -0.3 is 10.1 Å². The number of ether oxygens (including phenoxy) is 1. The van der Waals surface area contributed by atoms with Crippen LogP contribution in [0.5, 0.6) is 11.6 Å². The van der Waals surface area contributed by atoms with E-state index in [9.17, 15) is 4.79 Å². The second kappa shape index (κ2) is 7.21. The molecule has 3 aromatic heterocycles. The lowest BCUT2D eigenvalue weighted by molar-refractivity contribution is 0.254. The van der Waals surface area contributed by atoms with Gasteiger partial charge in [-0.1, -0.05) is 20.8 Å². The molecule has 158 valence electrons. The van der Waals surface area contributed by atoms with Crippen LogP contribution < -0.4 is 15.4 Å². The molecule has 0 fully saturated rings. The Hall–Kier alpha value is -3.72. The SMILES string of the molecule is CC(C)(C)c1cc(NC(=O)n2ccc3cc(Oc4ncnc5c4CNC5)ccc32)n[nH]1. The van der Waals surface area contributed by atoms with Crippen LogP contribution in [0.4, 0.5) is 10.6 Å². The zero-order chi connectivity index (χ0) is 21.6. The van der Waals surface area contributed by atoms with Crippen molar-refractivity contribution in [2.75, 3.05) is 5.32 Å². The van der Waals surface area contributed by atoms with Crippen LogP contribution in [0.15, 0.2) is 42.9 Å². The number of anilines is 1. The number of benzene rings is 1. The quantitative estimate of drug-likeness (QED) is 0.466. The Morgan fingerprint density at radius 3 is 2.84 bits per heavy atom. The molecule has 0 spiro atoms. The normalized spacial score (nSPS) is 13.4. The van der Waals surface area contributed by atoms with Crippen molar-refractivity contribution in [3.05, 3.63) is 59.8 Å².